The van der Waals surface area contributed by atoms with Gasteiger partial charge in [0.25, 0.3) is 0 Å². The van der Waals surface area contributed by atoms with E-state index in [-0.39, 0.29) is 5.84 Å². The highest BCUT2D eigenvalue weighted by Crippen LogP contribution is 2.21. The molecule has 0 aromatic heterocycles. The summed E-state index contributed by atoms with van der Waals surface area (Å²) >= 11 is 0. The van der Waals surface area contributed by atoms with Gasteiger partial charge in [0.05, 0.1) is 0 Å². The highest BCUT2D eigenvalue weighted by atomic mass is 15.3. The number of nitrogen functional groups attached to an aromatic ring is 1. The molecular formula is C18H29N5. The SMILES string of the molecule is CCN1CCC(N2CCN(c3ccc(C(=N)N)cc3)CC2)CC1. The molecule has 1 aromatic rings. The molecule has 126 valence electrons. The van der Waals surface area contributed by atoms with Gasteiger partial charge in [0.1, 0.15) is 5.84 Å². The second-order valence-electron chi connectivity index (χ2n) is 6.65. The molecule has 5 heteroatoms. The normalized spacial score (nSPS) is 21.5. The van der Waals surface area contributed by atoms with Crippen LogP contribution < -0.4 is 10.6 Å². The van der Waals surface area contributed by atoms with E-state index >= 15 is 0 Å². The number of rotatable bonds is 4. The van der Waals surface area contributed by atoms with E-state index in [1.165, 1.54) is 38.2 Å². The van der Waals surface area contributed by atoms with E-state index in [4.69, 9.17) is 11.1 Å². The zero-order valence-electron chi connectivity index (χ0n) is 14.2. The van der Waals surface area contributed by atoms with Crippen LogP contribution >= 0.6 is 0 Å². The number of hydrogen-bond acceptors (Lipinski definition) is 4. The molecule has 3 N–H and O–H groups in total. The molecule has 2 aliphatic rings. The Morgan fingerprint density at radius 2 is 1.65 bits per heavy atom. The zero-order chi connectivity index (χ0) is 16.2. The number of nitrogens with one attached hydrogen (secondary N) is 1. The number of benzene rings is 1. The summed E-state index contributed by atoms with van der Waals surface area (Å²) in [5, 5.41) is 7.47. The molecule has 0 unspecified atom stereocenters. The van der Waals surface area contributed by atoms with Crippen LogP contribution in [0.2, 0.25) is 0 Å². The predicted octanol–water partition coefficient (Wildman–Crippen LogP) is 1.58. The molecule has 0 bridgehead atoms. The van der Waals surface area contributed by atoms with Gasteiger partial charge >= 0.3 is 0 Å². The molecular weight excluding hydrogens is 286 g/mol. The van der Waals surface area contributed by atoms with E-state index in [1.807, 2.05) is 12.1 Å². The van der Waals surface area contributed by atoms with Crippen LogP contribution in [-0.2, 0) is 0 Å². The van der Waals surface area contributed by atoms with Gasteiger partial charge in [-0.15, -0.1) is 0 Å². The summed E-state index contributed by atoms with van der Waals surface area (Å²) in [6, 6.07) is 8.85. The van der Waals surface area contributed by atoms with Crippen molar-refractivity contribution >= 4 is 11.5 Å². The third-order valence-electron chi connectivity index (χ3n) is 5.38. The van der Waals surface area contributed by atoms with Crippen molar-refractivity contribution in [2.75, 3.05) is 50.7 Å². The third kappa shape index (κ3) is 3.85. The van der Waals surface area contributed by atoms with Crippen molar-refractivity contribution in [2.45, 2.75) is 25.8 Å². The summed E-state index contributed by atoms with van der Waals surface area (Å²) in [4.78, 5) is 7.69. The van der Waals surface area contributed by atoms with Crippen LogP contribution in [0.4, 0.5) is 5.69 Å². The Kier molecular flexibility index (Phi) is 5.18. The van der Waals surface area contributed by atoms with Crippen LogP contribution in [0.1, 0.15) is 25.3 Å². The second kappa shape index (κ2) is 7.32. The van der Waals surface area contributed by atoms with Crippen LogP contribution in [0.5, 0.6) is 0 Å². The van der Waals surface area contributed by atoms with Gasteiger partial charge in [-0.3, -0.25) is 10.3 Å². The van der Waals surface area contributed by atoms with Crippen LogP contribution in [-0.4, -0.2) is 67.5 Å². The first kappa shape index (κ1) is 16.3. The molecule has 3 rings (SSSR count). The molecule has 1 aromatic carbocycles. The summed E-state index contributed by atoms with van der Waals surface area (Å²) in [5.74, 6) is 0.139. The number of piperidine rings is 1. The minimum atomic E-state index is 0.139. The first-order valence-electron chi connectivity index (χ1n) is 8.83. The summed E-state index contributed by atoms with van der Waals surface area (Å²) in [7, 11) is 0. The molecule has 2 fully saturated rings. The topological polar surface area (TPSA) is 59.6 Å². The van der Waals surface area contributed by atoms with E-state index in [9.17, 15) is 0 Å². The van der Waals surface area contributed by atoms with Gasteiger partial charge in [-0.25, -0.2) is 0 Å². The summed E-state index contributed by atoms with van der Waals surface area (Å²) in [5.41, 5.74) is 7.57. The Morgan fingerprint density at radius 1 is 1.04 bits per heavy atom. The third-order valence-corrected chi connectivity index (χ3v) is 5.38. The van der Waals surface area contributed by atoms with Crippen molar-refractivity contribution in [3.63, 3.8) is 0 Å². The van der Waals surface area contributed by atoms with Crippen molar-refractivity contribution in [2.24, 2.45) is 5.73 Å². The van der Waals surface area contributed by atoms with Crippen LogP contribution in [0.25, 0.3) is 0 Å². The van der Waals surface area contributed by atoms with Crippen molar-refractivity contribution in [3.8, 4) is 0 Å². The second-order valence-corrected chi connectivity index (χ2v) is 6.65. The number of piperazine rings is 1. The summed E-state index contributed by atoms with van der Waals surface area (Å²) in [6.45, 7) is 10.5. The Labute approximate surface area is 139 Å². The van der Waals surface area contributed by atoms with E-state index in [2.05, 4.69) is 33.8 Å². The largest absolute Gasteiger partial charge is 0.384 e. The minimum Gasteiger partial charge on any atom is -0.384 e. The van der Waals surface area contributed by atoms with E-state index in [1.54, 1.807) is 0 Å². The Balaban J connectivity index is 1.51. The minimum absolute atomic E-state index is 0.139. The Morgan fingerprint density at radius 3 is 2.17 bits per heavy atom. The highest BCUT2D eigenvalue weighted by molar-refractivity contribution is 5.95. The fourth-order valence-corrected chi connectivity index (χ4v) is 3.80. The monoisotopic (exact) mass is 315 g/mol. The first-order valence-corrected chi connectivity index (χ1v) is 8.83. The molecule has 5 nitrogen and oxygen atoms in total. The van der Waals surface area contributed by atoms with Crippen LogP contribution in [0.3, 0.4) is 0 Å². The van der Waals surface area contributed by atoms with Crippen molar-refractivity contribution in [1.82, 2.24) is 9.80 Å². The maximum Gasteiger partial charge on any atom is 0.122 e. The number of nitrogens with two attached hydrogens (primary N) is 1. The van der Waals surface area contributed by atoms with Gasteiger partial charge in [-0.2, -0.15) is 0 Å². The van der Waals surface area contributed by atoms with Gasteiger partial charge in [-0.05, 0) is 56.7 Å². The van der Waals surface area contributed by atoms with Gasteiger partial charge < -0.3 is 15.5 Å². The predicted molar refractivity (Wildman–Crippen MR) is 96.4 cm³/mol. The van der Waals surface area contributed by atoms with Gasteiger partial charge in [0, 0.05) is 43.5 Å². The molecule has 2 heterocycles. The number of amidine groups is 1. The van der Waals surface area contributed by atoms with Crippen LogP contribution in [0.15, 0.2) is 24.3 Å². The lowest BCUT2D eigenvalue weighted by molar-refractivity contribution is 0.106. The fourth-order valence-electron chi connectivity index (χ4n) is 3.80. The molecule has 2 aliphatic heterocycles. The first-order chi connectivity index (χ1) is 11.2. The summed E-state index contributed by atoms with van der Waals surface area (Å²) < 4.78 is 0. The van der Waals surface area contributed by atoms with Crippen molar-refractivity contribution in [1.29, 1.82) is 5.41 Å². The molecule has 23 heavy (non-hydrogen) atoms. The van der Waals surface area contributed by atoms with E-state index in [0.29, 0.717) is 0 Å². The standard InChI is InChI=1S/C18H29N5/c1-2-21-9-7-17(8-10-21)23-13-11-22(12-14-23)16-5-3-15(4-6-16)18(19)20/h3-6,17H,2,7-14H2,1H3,(H3,19,20). The highest BCUT2D eigenvalue weighted by Gasteiger charge is 2.27. The molecule has 0 radical (unpaired) electrons. The Bertz CT molecular complexity index is 511. The van der Waals surface area contributed by atoms with Crippen LogP contribution in [0, 0.1) is 5.41 Å². The average Bonchev–Trinajstić information content (AvgIpc) is 2.62. The average molecular weight is 315 g/mol. The zero-order valence-corrected chi connectivity index (χ0v) is 14.2. The smallest absolute Gasteiger partial charge is 0.122 e. The maximum absolute atomic E-state index is 7.47. The lowest BCUT2D eigenvalue weighted by atomic mass is 10.0. The maximum atomic E-state index is 7.47. The lowest BCUT2D eigenvalue weighted by Gasteiger charge is -2.43. The van der Waals surface area contributed by atoms with Gasteiger partial charge in [-0.1, -0.05) is 6.92 Å². The van der Waals surface area contributed by atoms with Gasteiger partial charge in [0.2, 0.25) is 0 Å². The number of hydrogen-bond donors (Lipinski definition) is 2. The Hall–Kier alpha value is -1.59. The summed E-state index contributed by atoms with van der Waals surface area (Å²) in [6.07, 6.45) is 2.64. The number of anilines is 1. The fraction of sp³-hybridized carbons (Fsp3) is 0.611. The lowest BCUT2D eigenvalue weighted by Crippen LogP contribution is -2.53. The van der Waals surface area contributed by atoms with Crippen molar-refractivity contribution < 1.29 is 0 Å². The quantitative estimate of drug-likeness (QED) is 0.654. The van der Waals surface area contributed by atoms with Gasteiger partial charge in [0.15, 0.2) is 0 Å². The molecule has 0 aliphatic carbocycles. The molecule has 0 atom stereocenters. The number of likely N-dealkylation sites (tertiary alicyclic amines) is 1. The number of nitrogens with zero attached hydrogens (tertiary/aromatic N) is 3. The molecule has 0 spiro atoms. The van der Waals surface area contributed by atoms with Crippen molar-refractivity contribution in [3.05, 3.63) is 29.8 Å². The molecule has 0 saturated carbocycles. The molecule has 0 amide bonds. The molecule has 2 saturated heterocycles. The van der Waals surface area contributed by atoms with E-state index < -0.39 is 0 Å². The van der Waals surface area contributed by atoms with E-state index in [0.717, 1.165) is 37.8 Å².